The molecule has 2 aromatic carbocycles. The van der Waals surface area contributed by atoms with Crippen LogP contribution >= 0.6 is 11.6 Å². The van der Waals surface area contributed by atoms with Gasteiger partial charge in [0, 0.05) is 10.6 Å². The first kappa shape index (κ1) is 12.8. The van der Waals surface area contributed by atoms with E-state index >= 15 is 0 Å². The van der Waals surface area contributed by atoms with Crippen molar-refractivity contribution in [3.05, 3.63) is 64.7 Å². The van der Waals surface area contributed by atoms with Crippen molar-refractivity contribution >= 4 is 11.6 Å². The van der Waals surface area contributed by atoms with Gasteiger partial charge in [0.2, 0.25) is 5.82 Å². The maximum Gasteiger partial charge on any atom is 0.205 e. The lowest BCUT2D eigenvalue weighted by molar-refractivity contribution is 0.573. The highest BCUT2D eigenvalue weighted by Crippen LogP contribution is 2.18. The highest BCUT2D eigenvalue weighted by atomic mass is 35.5. The van der Waals surface area contributed by atoms with Crippen LogP contribution in [0.15, 0.2) is 48.5 Å². The largest absolute Gasteiger partial charge is 0.205 e. The van der Waals surface area contributed by atoms with E-state index in [4.69, 9.17) is 11.6 Å². The lowest BCUT2D eigenvalue weighted by atomic mass is 10.1. The number of hydrogen-bond donors (Lipinski definition) is 0. The summed E-state index contributed by atoms with van der Waals surface area (Å²) < 4.78 is 0. The van der Waals surface area contributed by atoms with Gasteiger partial charge < -0.3 is 0 Å². The fourth-order valence-corrected chi connectivity index (χ4v) is 2.12. The van der Waals surface area contributed by atoms with Crippen molar-refractivity contribution in [2.24, 2.45) is 0 Å². The molecule has 0 N–H and O–H groups in total. The van der Waals surface area contributed by atoms with Crippen molar-refractivity contribution in [3.8, 4) is 11.4 Å². The van der Waals surface area contributed by atoms with Crippen LogP contribution in [0.2, 0.25) is 5.02 Å². The number of aromatic nitrogens is 4. The monoisotopic (exact) mass is 284 g/mol. The molecule has 3 rings (SSSR count). The third-order valence-corrected chi connectivity index (χ3v) is 3.33. The fourth-order valence-electron chi connectivity index (χ4n) is 1.99. The van der Waals surface area contributed by atoms with Crippen molar-refractivity contribution in [2.45, 2.75) is 13.5 Å². The average Bonchev–Trinajstić information content (AvgIpc) is 2.90. The molecule has 0 unspecified atom stereocenters. The topological polar surface area (TPSA) is 43.6 Å². The van der Waals surface area contributed by atoms with E-state index in [0.29, 0.717) is 12.4 Å². The van der Waals surface area contributed by atoms with Crippen LogP contribution in [-0.2, 0) is 6.54 Å². The quantitative estimate of drug-likeness (QED) is 0.741. The van der Waals surface area contributed by atoms with Gasteiger partial charge in [-0.25, -0.2) is 0 Å². The van der Waals surface area contributed by atoms with Crippen LogP contribution in [0, 0.1) is 6.92 Å². The number of halogens is 1. The minimum absolute atomic E-state index is 0.579. The summed E-state index contributed by atoms with van der Waals surface area (Å²) in [5.41, 5.74) is 3.23. The van der Waals surface area contributed by atoms with Crippen molar-refractivity contribution in [2.75, 3.05) is 0 Å². The molecular formula is C15H13ClN4. The molecule has 1 aromatic heterocycles. The normalized spacial score (nSPS) is 10.7. The van der Waals surface area contributed by atoms with E-state index in [1.165, 1.54) is 0 Å². The minimum atomic E-state index is 0.579. The van der Waals surface area contributed by atoms with Gasteiger partial charge in [-0.05, 0) is 35.4 Å². The van der Waals surface area contributed by atoms with E-state index < -0.39 is 0 Å². The second kappa shape index (κ2) is 5.43. The second-order valence-corrected chi connectivity index (χ2v) is 5.02. The summed E-state index contributed by atoms with van der Waals surface area (Å²) in [5.74, 6) is 0.650. The predicted molar refractivity (Wildman–Crippen MR) is 78.5 cm³/mol. The maximum atomic E-state index is 5.87. The summed E-state index contributed by atoms with van der Waals surface area (Å²) in [6, 6.07) is 15.6. The van der Waals surface area contributed by atoms with Gasteiger partial charge in [0.1, 0.15) is 0 Å². The van der Waals surface area contributed by atoms with Crippen molar-refractivity contribution < 1.29 is 0 Å². The van der Waals surface area contributed by atoms with Gasteiger partial charge in [0.05, 0.1) is 6.54 Å². The summed E-state index contributed by atoms with van der Waals surface area (Å²) in [5, 5.41) is 13.4. The third kappa shape index (κ3) is 2.70. The molecule has 0 bridgehead atoms. The summed E-state index contributed by atoms with van der Waals surface area (Å²) in [4.78, 5) is 1.59. The van der Waals surface area contributed by atoms with E-state index in [0.717, 1.165) is 21.7 Å². The molecule has 4 nitrogen and oxygen atoms in total. The Balaban J connectivity index is 1.84. The molecule has 0 fully saturated rings. The summed E-state index contributed by atoms with van der Waals surface area (Å²) in [6.45, 7) is 2.62. The molecule has 5 heteroatoms. The molecule has 3 aromatic rings. The molecule has 0 aliphatic carbocycles. The van der Waals surface area contributed by atoms with Crippen LogP contribution < -0.4 is 0 Å². The van der Waals surface area contributed by atoms with Gasteiger partial charge in [-0.3, -0.25) is 0 Å². The van der Waals surface area contributed by atoms with Gasteiger partial charge in [-0.15, -0.1) is 10.2 Å². The fraction of sp³-hybridized carbons (Fsp3) is 0.133. The Hall–Kier alpha value is -2.20. The molecule has 0 radical (unpaired) electrons. The minimum Gasteiger partial charge on any atom is -0.159 e. The molecule has 100 valence electrons. The molecule has 20 heavy (non-hydrogen) atoms. The Kier molecular flexibility index (Phi) is 3.48. The van der Waals surface area contributed by atoms with Gasteiger partial charge in [-0.1, -0.05) is 48.0 Å². The summed E-state index contributed by atoms with van der Waals surface area (Å²) in [6.07, 6.45) is 0. The first-order valence-corrected chi connectivity index (χ1v) is 6.68. The smallest absolute Gasteiger partial charge is 0.159 e. The summed E-state index contributed by atoms with van der Waals surface area (Å²) in [7, 11) is 0. The molecule has 0 atom stereocenters. The molecule has 0 spiro atoms. The average molecular weight is 285 g/mol. The van der Waals surface area contributed by atoms with E-state index in [1.807, 2.05) is 55.5 Å². The zero-order valence-corrected chi connectivity index (χ0v) is 11.7. The number of tetrazole rings is 1. The van der Waals surface area contributed by atoms with Crippen LogP contribution in [0.1, 0.15) is 11.1 Å². The van der Waals surface area contributed by atoms with Crippen molar-refractivity contribution in [1.29, 1.82) is 0 Å². The molecule has 0 aliphatic rings. The Bertz CT molecular complexity index is 719. The van der Waals surface area contributed by atoms with Gasteiger partial charge in [0.25, 0.3) is 0 Å². The lowest BCUT2D eigenvalue weighted by Crippen LogP contribution is -2.03. The number of nitrogens with zero attached hydrogens (tertiary/aromatic N) is 4. The molecule has 0 saturated heterocycles. The van der Waals surface area contributed by atoms with Crippen LogP contribution in [0.5, 0.6) is 0 Å². The van der Waals surface area contributed by atoms with Crippen molar-refractivity contribution in [1.82, 2.24) is 20.2 Å². The number of hydrogen-bond acceptors (Lipinski definition) is 3. The maximum absolute atomic E-state index is 5.87. The molecule has 0 saturated carbocycles. The van der Waals surface area contributed by atoms with Gasteiger partial charge in [0.15, 0.2) is 0 Å². The first-order valence-electron chi connectivity index (χ1n) is 6.30. The van der Waals surface area contributed by atoms with Crippen LogP contribution in [-0.4, -0.2) is 20.2 Å². The predicted octanol–water partition coefficient (Wildman–Crippen LogP) is 3.35. The number of aryl methyl sites for hydroxylation is 1. The standard InChI is InChI=1S/C15H13ClN4/c1-11-4-2-3-5-14(11)15-17-19-20(18-15)10-12-6-8-13(16)9-7-12/h2-9H,10H2,1H3. The lowest BCUT2D eigenvalue weighted by Gasteiger charge is -2.00. The van der Waals surface area contributed by atoms with E-state index in [1.54, 1.807) is 4.80 Å². The van der Waals surface area contributed by atoms with Gasteiger partial charge in [-0.2, -0.15) is 4.80 Å². The molecular weight excluding hydrogens is 272 g/mol. The first-order chi connectivity index (χ1) is 9.72. The highest BCUT2D eigenvalue weighted by Gasteiger charge is 2.08. The Morgan fingerprint density at radius 1 is 1.05 bits per heavy atom. The van der Waals surface area contributed by atoms with E-state index in [-0.39, 0.29) is 0 Å². The Morgan fingerprint density at radius 3 is 2.55 bits per heavy atom. The van der Waals surface area contributed by atoms with Crippen molar-refractivity contribution in [3.63, 3.8) is 0 Å². The van der Waals surface area contributed by atoms with E-state index in [2.05, 4.69) is 15.4 Å². The second-order valence-electron chi connectivity index (χ2n) is 4.58. The highest BCUT2D eigenvalue weighted by molar-refractivity contribution is 6.30. The number of rotatable bonds is 3. The molecule has 0 amide bonds. The number of benzene rings is 2. The van der Waals surface area contributed by atoms with Crippen LogP contribution in [0.25, 0.3) is 11.4 Å². The Labute approximate surface area is 122 Å². The SMILES string of the molecule is Cc1ccccc1-c1nnn(Cc2ccc(Cl)cc2)n1. The molecule has 1 heterocycles. The zero-order valence-electron chi connectivity index (χ0n) is 11.0. The zero-order chi connectivity index (χ0) is 13.9. The van der Waals surface area contributed by atoms with Gasteiger partial charge >= 0.3 is 0 Å². The third-order valence-electron chi connectivity index (χ3n) is 3.08. The van der Waals surface area contributed by atoms with Crippen LogP contribution in [0.3, 0.4) is 0 Å². The molecule has 0 aliphatic heterocycles. The Morgan fingerprint density at radius 2 is 1.80 bits per heavy atom. The van der Waals surface area contributed by atoms with Crippen LogP contribution in [0.4, 0.5) is 0 Å². The summed E-state index contributed by atoms with van der Waals surface area (Å²) >= 11 is 5.87. The van der Waals surface area contributed by atoms with E-state index in [9.17, 15) is 0 Å².